The maximum atomic E-state index is 13.7. The number of aromatic hydroxyl groups is 1. The molecule has 0 bridgehead atoms. The number of ketones is 1. The summed E-state index contributed by atoms with van der Waals surface area (Å²) in [5, 5.41) is 16.7. The maximum absolute atomic E-state index is 13.7. The van der Waals surface area contributed by atoms with Crippen LogP contribution in [0.5, 0.6) is 17.2 Å². The molecular formula is C30H25N3O5. The number of benzene rings is 4. The molecule has 0 radical (unpaired) electrons. The highest BCUT2D eigenvalue weighted by Crippen LogP contribution is 2.38. The number of carbonyl (C=O) groups excluding carboxylic acids is 1. The van der Waals surface area contributed by atoms with E-state index >= 15 is 0 Å². The van der Waals surface area contributed by atoms with E-state index in [-0.39, 0.29) is 24.5 Å². The van der Waals surface area contributed by atoms with Crippen molar-refractivity contribution >= 4 is 38.8 Å². The number of ether oxygens (including phenoxy) is 2. The van der Waals surface area contributed by atoms with Gasteiger partial charge in [-0.05, 0) is 47.3 Å². The molecular weight excluding hydrogens is 482 g/mol. The number of hydrogen-bond acceptors (Lipinski definition) is 7. The van der Waals surface area contributed by atoms with Gasteiger partial charge in [0.1, 0.15) is 11.3 Å². The Kier molecular flexibility index (Phi) is 5.64. The number of nitrogen functional groups attached to an aromatic ring is 1. The van der Waals surface area contributed by atoms with Crippen molar-refractivity contribution in [2.45, 2.75) is 12.5 Å². The van der Waals surface area contributed by atoms with Crippen LogP contribution in [0.4, 0.5) is 11.4 Å². The lowest BCUT2D eigenvalue weighted by molar-refractivity contribution is 0.0972. The van der Waals surface area contributed by atoms with Gasteiger partial charge >= 0.3 is 0 Å². The first-order valence-electron chi connectivity index (χ1n) is 12.2. The molecule has 1 aliphatic rings. The Morgan fingerprint density at radius 2 is 1.79 bits per heavy atom. The summed E-state index contributed by atoms with van der Waals surface area (Å²) in [6.45, 7) is 0.122. The van der Waals surface area contributed by atoms with Gasteiger partial charge in [0.25, 0.3) is 5.56 Å². The summed E-state index contributed by atoms with van der Waals surface area (Å²) < 4.78 is 12.4. The fourth-order valence-corrected chi connectivity index (χ4v) is 5.08. The molecule has 0 unspecified atom stereocenters. The number of para-hydroxylation sites is 1. The summed E-state index contributed by atoms with van der Waals surface area (Å²) in [6.07, 6.45) is -0.107. The molecule has 5 aromatic rings. The van der Waals surface area contributed by atoms with Crippen LogP contribution >= 0.6 is 0 Å². The topological polar surface area (TPSA) is 116 Å². The molecule has 190 valence electrons. The fraction of sp³-hybridized carbons (Fsp3) is 0.133. The van der Waals surface area contributed by atoms with Crippen LogP contribution in [0.3, 0.4) is 0 Å². The first-order chi connectivity index (χ1) is 18.4. The number of rotatable bonds is 6. The zero-order valence-electron chi connectivity index (χ0n) is 20.6. The summed E-state index contributed by atoms with van der Waals surface area (Å²) >= 11 is 0. The van der Waals surface area contributed by atoms with Crippen LogP contribution in [0.25, 0.3) is 21.7 Å². The molecule has 4 N–H and O–H groups in total. The van der Waals surface area contributed by atoms with Crippen molar-refractivity contribution in [3.63, 3.8) is 0 Å². The lowest BCUT2D eigenvalue weighted by Crippen LogP contribution is -2.26. The Morgan fingerprint density at radius 3 is 2.63 bits per heavy atom. The smallest absolute Gasteiger partial charge is 0.265 e. The van der Waals surface area contributed by atoms with Crippen molar-refractivity contribution in [2.24, 2.45) is 7.05 Å². The van der Waals surface area contributed by atoms with Gasteiger partial charge in [0.2, 0.25) is 6.79 Å². The molecule has 0 saturated carbocycles. The Balaban J connectivity index is 1.45. The van der Waals surface area contributed by atoms with E-state index in [1.54, 1.807) is 37.4 Å². The Bertz CT molecular complexity index is 1790. The number of nitrogens with one attached hydrogen (secondary N) is 1. The van der Waals surface area contributed by atoms with E-state index in [0.717, 1.165) is 22.0 Å². The van der Waals surface area contributed by atoms with Gasteiger partial charge in [-0.3, -0.25) is 9.59 Å². The molecule has 1 aliphatic heterocycles. The van der Waals surface area contributed by atoms with Crippen molar-refractivity contribution in [3.05, 3.63) is 100 Å². The van der Waals surface area contributed by atoms with E-state index in [1.165, 1.54) is 4.57 Å². The highest BCUT2D eigenvalue weighted by atomic mass is 16.7. The second-order valence-electron chi connectivity index (χ2n) is 9.29. The summed E-state index contributed by atoms with van der Waals surface area (Å²) in [7, 11) is 1.59. The average molecular weight is 508 g/mol. The number of Topliss-reactive ketones (excluding diaryl/α,β-unsaturated/α-hetero) is 1. The van der Waals surface area contributed by atoms with Gasteiger partial charge in [-0.2, -0.15) is 0 Å². The molecule has 2 heterocycles. The van der Waals surface area contributed by atoms with Gasteiger partial charge in [-0.25, -0.2) is 0 Å². The molecule has 0 saturated heterocycles. The number of aryl methyl sites for hydroxylation is 1. The number of nitrogens with two attached hydrogens (primary N) is 1. The van der Waals surface area contributed by atoms with Gasteiger partial charge in [0, 0.05) is 35.6 Å². The number of hydrogen-bond donors (Lipinski definition) is 3. The minimum Gasteiger partial charge on any atom is -0.506 e. The lowest BCUT2D eigenvalue weighted by Gasteiger charge is -2.22. The number of pyridine rings is 1. The van der Waals surface area contributed by atoms with Crippen LogP contribution in [-0.4, -0.2) is 22.2 Å². The maximum Gasteiger partial charge on any atom is 0.265 e. The van der Waals surface area contributed by atoms with Crippen molar-refractivity contribution in [1.29, 1.82) is 0 Å². The number of fused-ring (bicyclic) bond motifs is 3. The van der Waals surface area contributed by atoms with E-state index in [4.69, 9.17) is 15.2 Å². The predicted molar refractivity (Wildman–Crippen MR) is 147 cm³/mol. The average Bonchev–Trinajstić information content (AvgIpc) is 3.40. The first kappa shape index (κ1) is 23.4. The van der Waals surface area contributed by atoms with E-state index in [2.05, 4.69) is 5.32 Å². The van der Waals surface area contributed by atoms with Gasteiger partial charge in [-0.1, -0.05) is 42.5 Å². The number of anilines is 2. The zero-order valence-corrected chi connectivity index (χ0v) is 20.6. The number of aromatic nitrogens is 1. The molecule has 1 aromatic heterocycles. The Hall–Kier alpha value is -4.98. The third kappa shape index (κ3) is 3.87. The van der Waals surface area contributed by atoms with Crippen molar-refractivity contribution in [3.8, 4) is 17.2 Å². The zero-order chi connectivity index (χ0) is 26.4. The van der Waals surface area contributed by atoms with Gasteiger partial charge in [-0.15, -0.1) is 0 Å². The van der Waals surface area contributed by atoms with Crippen LogP contribution in [0, 0.1) is 0 Å². The molecule has 0 spiro atoms. The number of carbonyl (C=O) groups is 1. The standard InChI is InChI=1S/C30H25N3O5/c1-33-23-11-3-2-8-19(23)29(35)28(30(33)36)24(34)15-22(18-12-13-25-26(14-18)38-16-37-25)32-21-10-5-7-17-6-4-9-20(31)27(17)21/h2-14,22,32,35H,15-16,31H2,1H3/t22-/m0/s1. The second-order valence-corrected chi connectivity index (χ2v) is 9.29. The molecule has 6 rings (SSSR count). The summed E-state index contributed by atoms with van der Waals surface area (Å²) in [4.78, 5) is 26.9. The molecule has 1 atom stereocenters. The van der Waals surface area contributed by atoms with Crippen LogP contribution in [0.15, 0.2) is 83.7 Å². The van der Waals surface area contributed by atoms with E-state index in [0.29, 0.717) is 28.1 Å². The molecule has 0 amide bonds. The summed E-state index contributed by atoms with van der Waals surface area (Å²) in [6, 6.07) is 23.3. The molecule has 4 aromatic carbocycles. The first-order valence-corrected chi connectivity index (χ1v) is 12.2. The summed E-state index contributed by atoms with van der Waals surface area (Å²) in [5.74, 6) is 0.391. The minimum absolute atomic E-state index is 0.107. The Labute approximate surface area is 217 Å². The normalized spacial score (nSPS) is 13.1. The third-order valence-corrected chi connectivity index (χ3v) is 7.01. The predicted octanol–water partition coefficient (Wildman–Crippen LogP) is 5.13. The number of nitrogens with zero attached hydrogens (tertiary/aromatic N) is 1. The molecule has 8 nitrogen and oxygen atoms in total. The summed E-state index contributed by atoms with van der Waals surface area (Å²) in [5.41, 5.74) is 8.18. The highest BCUT2D eigenvalue weighted by Gasteiger charge is 2.26. The molecule has 0 aliphatic carbocycles. The van der Waals surface area contributed by atoms with Gasteiger partial charge < -0.3 is 30.2 Å². The second kappa shape index (κ2) is 9.15. The SMILES string of the molecule is Cn1c(=O)c(C(=O)C[C@H](Nc2cccc3cccc(N)c23)c2ccc3c(c2)OCO3)c(O)c2ccccc21. The van der Waals surface area contributed by atoms with Crippen LogP contribution in [0.2, 0.25) is 0 Å². The van der Waals surface area contributed by atoms with E-state index < -0.39 is 17.4 Å². The highest BCUT2D eigenvalue weighted by molar-refractivity contribution is 6.05. The third-order valence-electron chi connectivity index (χ3n) is 7.01. The van der Waals surface area contributed by atoms with E-state index in [1.807, 2.05) is 48.5 Å². The van der Waals surface area contributed by atoms with Crippen molar-refractivity contribution in [2.75, 3.05) is 17.8 Å². The van der Waals surface area contributed by atoms with Crippen LogP contribution in [0.1, 0.15) is 28.4 Å². The molecule has 8 heteroatoms. The van der Waals surface area contributed by atoms with E-state index in [9.17, 15) is 14.7 Å². The van der Waals surface area contributed by atoms with Crippen molar-refractivity contribution in [1.82, 2.24) is 4.57 Å². The monoisotopic (exact) mass is 507 g/mol. The largest absolute Gasteiger partial charge is 0.506 e. The minimum atomic E-state index is -0.571. The van der Waals surface area contributed by atoms with Gasteiger partial charge in [0.05, 0.1) is 11.6 Å². The molecule has 0 fully saturated rings. The van der Waals surface area contributed by atoms with Crippen molar-refractivity contribution < 1.29 is 19.4 Å². The fourth-order valence-electron chi connectivity index (χ4n) is 5.08. The lowest BCUT2D eigenvalue weighted by atomic mass is 9.95. The van der Waals surface area contributed by atoms with Crippen LogP contribution < -0.4 is 26.1 Å². The quantitative estimate of drug-likeness (QED) is 0.215. The van der Waals surface area contributed by atoms with Crippen LogP contribution in [-0.2, 0) is 7.05 Å². The Morgan fingerprint density at radius 1 is 1.03 bits per heavy atom. The molecule has 38 heavy (non-hydrogen) atoms. The van der Waals surface area contributed by atoms with Gasteiger partial charge in [0.15, 0.2) is 17.3 Å².